The van der Waals surface area contributed by atoms with Gasteiger partial charge in [0.1, 0.15) is 11.5 Å². The predicted molar refractivity (Wildman–Crippen MR) is 112 cm³/mol. The molecule has 0 saturated heterocycles. The van der Waals surface area contributed by atoms with Crippen molar-refractivity contribution < 1.29 is 9.47 Å². The van der Waals surface area contributed by atoms with E-state index in [0.717, 1.165) is 24.3 Å². The second kappa shape index (κ2) is 7.25. The van der Waals surface area contributed by atoms with Crippen molar-refractivity contribution in [3.05, 3.63) is 71.8 Å². The van der Waals surface area contributed by atoms with E-state index in [1.54, 1.807) is 14.2 Å². The average Bonchev–Trinajstić information content (AvgIpc) is 2.66. The van der Waals surface area contributed by atoms with Crippen LogP contribution in [0.3, 0.4) is 0 Å². The molecule has 0 saturated carbocycles. The maximum Gasteiger partial charge on any atom is 0.123 e. The molecule has 26 heavy (non-hydrogen) atoms. The molecule has 0 amide bonds. The van der Waals surface area contributed by atoms with Crippen molar-refractivity contribution in [3.8, 4) is 11.5 Å². The summed E-state index contributed by atoms with van der Waals surface area (Å²) in [6.45, 7) is 12.3. The molecule has 0 heterocycles. The van der Waals surface area contributed by atoms with Crippen molar-refractivity contribution in [3.63, 3.8) is 0 Å². The van der Waals surface area contributed by atoms with Gasteiger partial charge >= 0.3 is 0 Å². The minimum Gasteiger partial charge on any atom is -0.496 e. The molecule has 3 aromatic carbocycles. The zero-order valence-corrected chi connectivity index (χ0v) is 16.1. The maximum absolute atomic E-state index is 5.63. The number of aryl methyl sites for hydroxylation is 2. The molecule has 0 fully saturated rings. The molecule has 0 aliphatic carbocycles. The number of hydrogen-bond acceptors (Lipinski definition) is 2. The fourth-order valence-corrected chi connectivity index (χ4v) is 4.01. The third-order valence-electron chi connectivity index (χ3n) is 5.28. The zero-order chi connectivity index (χ0) is 18.8. The molecule has 0 unspecified atom stereocenters. The molecule has 0 N–H and O–H groups in total. The normalized spacial score (nSPS) is 10.9. The van der Waals surface area contributed by atoms with Crippen molar-refractivity contribution in [2.24, 2.45) is 0 Å². The molecule has 0 aliphatic rings. The number of hydrogen-bond donors (Lipinski definition) is 0. The SMILES string of the molecule is C=CCc1c(OC)ccc2c1c(C)c(C)c1c(CC=C)c(OC)ccc12. The molecule has 0 atom stereocenters. The van der Waals surface area contributed by atoms with Gasteiger partial charge in [0, 0.05) is 11.1 Å². The monoisotopic (exact) mass is 346 g/mol. The van der Waals surface area contributed by atoms with Crippen molar-refractivity contribution in [1.29, 1.82) is 0 Å². The van der Waals surface area contributed by atoms with E-state index < -0.39 is 0 Å². The first-order chi connectivity index (χ1) is 12.6. The molecule has 2 heteroatoms. The van der Waals surface area contributed by atoms with Gasteiger partial charge < -0.3 is 9.47 Å². The second-order valence-electron chi connectivity index (χ2n) is 6.57. The summed E-state index contributed by atoms with van der Waals surface area (Å²) in [5.74, 6) is 1.83. The van der Waals surface area contributed by atoms with Crippen molar-refractivity contribution in [1.82, 2.24) is 0 Å². The summed E-state index contributed by atoms with van der Waals surface area (Å²) in [5, 5.41) is 5.02. The number of fused-ring (bicyclic) bond motifs is 3. The molecule has 0 aromatic heterocycles. The van der Waals surface area contributed by atoms with Crippen LogP contribution in [0.5, 0.6) is 11.5 Å². The largest absolute Gasteiger partial charge is 0.496 e. The summed E-state index contributed by atoms with van der Waals surface area (Å²) < 4.78 is 11.3. The highest BCUT2D eigenvalue weighted by atomic mass is 16.5. The van der Waals surface area contributed by atoms with Gasteiger partial charge in [0.15, 0.2) is 0 Å². The van der Waals surface area contributed by atoms with Crippen LogP contribution in [0.1, 0.15) is 22.3 Å². The van der Waals surface area contributed by atoms with Gasteiger partial charge in [-0.1, -0.05) is 24.3 Å². The molecule has 0 radical (unpaired) electrons. The van der Waals surface area contributed by atoms with Crippen LogP contribution >= 0.6 is 0 Å². The Morgan fingerprint density at radius 3 is 1.42 bits per heavy atom. The molecule has 134 valence electrons. The summed E-state index contributed by atoms with van der Waals surface area (Å²) in [5.41, 5.74) is 4.95. The van der Waals surface area contributed by atoms with Gasteiger partial charge in [0.05, 0.1) is 14.2 Å². The first-order valence-corrected chi connectivity index (χ1v) is 8.89. The molecule has 3 aromatic rings. The average molecular weight is 346 g/mol. The summed E-state index contributed by atoms with van der Waals surface area (Å²) in [7, 11) is 3.45. The van der Waals surface area contributed by atoms with Crippen LogP contribution in [-0.2, 0) is 12.8 Å². The molecule has 0 bridgehead atoms. The molecule has 3 rings (SSSR count). The van der Waals surface area contributed by atoms with Gasteiger partial charge in [0.2, 0.25) is 0 Å². The van der Waals surface area contributed by atoms with E-state index in [4.69, 9.17) is 9.47 Å². The Morgan fingerprint density at radius 2 is 1.12 bits per heavy atom. The van der Waals surface area contributed by atoms with Crippen LogP contribution in [0.4, 0.5) is 0 Å². The third-order valence-corrected chi connectivity index (χ3v) is 5.28. The number of benzene rings is 3. The summed E-state index contributed by atoms with van der Waals surface area (Å²) in [6, 6.07) is 8.46. The highest BCUT2D eigenvalue weighted by molar-refractivity contribution is 6.13. The lowest BCUT2D eigenvalue weighted by Crippen LogP contribution is -2.00. The quantitative estimate of drug-likeness (QED) is 0.397. The number of methoxy groups -OCH3 is 2. The molecule has 2 nitrogen and oxygen atoms in total. The Labute approximate surface area is 155 Å². The van der Waals surface area contributed by atoms with Crippen LogP contribution in [0.25, 0.3) is 21.5 Å². The van der Waals surface area contributed by atoms with Crippen LogP contribution in [0.2, 0.25) is 0 Å². The Bertz CT molecular complexity index is 930. The topological polar surface area (TPSA) is 18.5 Å². The van der Waals surface area contributed by atoms with Crippen molar-refractivity contribution >= 4 is 21.5 Å². The van der Waals surface area contributed by atoms with E-state index in [2.05, 4.69) is 51.3 Å². The first-order valence-electron chi connectivity index (χ1n) is 8.89. The minimum absolute atomic E-state index is 0.780. The van der Waals surface area contributed by atoms with Crippen LogP contribution < -0.4 is 9.47 Å². The lowest BCUT2D eigenvalue weighted by Gasteiger charge is -2.20. The van der Waals surface area contributed by atoms with E-state index >= 15 is 0 Å². The zero-order valence-electron chi connectivity index (χ0n) is 16.1. The fourth-order valence-electron chi connectivity index (χ4n) is 4.01. The number of allylic oxidation sites excluding steroid dienone is 2. The lowest BCUT2D eigenvalue weighted by atomic mass is 9.86. The van der Waals surface area contributed by atoms with E-state index in [1.165, 1.54) is 43.8 Å². The Morgan fingerprint density at radius 1 is 0.731 bits per heavy atom. The second-order valence-corrected chi connectivity index (χ2v) is 6.57. The molecular weight excluding hydrogens is 320 g/mol. The first kappa shape index (κ1) is 18.1. The summed E-state index contributed by atoms with van der Waals surface area (Å²) >= 11 is 0. The van der Waals surface area contributed by atoms with E-state index in [9.17, 15) is 0 Å². The Kier molecular flexibility index (Phi) is 5.03. The highest BCUT2D eigenvalue weighted by Gasteiger charge is 2.18. The van der Waals surface area contributed by atoms with Gasteiger partial charge in [-0.25, -0.2) is 0 Å². The highest BCUT2D eigenvalue weighted by Crippen LogP contribution is 2.41. The fraction of sp³-hybridized carbons (Fsp3) is 0.250. The molecule has 0 aliphatic heterocycles. The predicted octanol–water partition coefficient (Wildman–Crippen LogP) is 6.08. The van der Waals surface area contributed by atoms with Gasteiger partial charge in [0.25, 0.3) is 0 Å². The van der Waals surface area contributed by atoms with Gasteiger partial charge in [-0.2, -0.15) is 0 Å². The molecule has 0 spiro atoms. The maximum atomic E-state index is 5.63. The Balaban J connectivity index is 2.56. The Hall–Kier alpha value is -2.74. The smallest absolute Gasteiger partial charge is 0.123 e. The minimum atomic E-state index is 0.780. The van der Waals surface area contributed by atoms with Crippen molar-refractivity contribution in [2.45, 2.75) is 26.7 Å². The van der Waals surface area contributed by atoms with Crippen LogP contribution in [0.15, 0.2) is 49.6 Å². The lowest BCUT2D eigenvalue weighted by molar-refractivity contribution is 0.411. The standard InChI is InChI=1S/C24H26O2/c1-7-9-19-21(25-5)13-11-17-18-12-14-22(26-6)20(10-8-2)24(18)16(4)15(3)23(17)19/h7-8,11-14H,1-2,9-10H2,3-6H3. The van der Waals surface area contributed by atoms with Crippen LogP contribution in [0, 0.1) is 13.8 Å². The van der Waals surface area contributed by atoms with E-state index in [0.29, 0.717) is 0 Å². The number of ether oxygens (including phenoxy) is 2. The van der Waals surface area contributed by atoms with Gasteiger partial charge in [-0.05, 0) is 71.5 Å². The summed E-state index contributed by atoms with van der Waals surface area (Å²) in [6.07, 6.45) is 5.44. The van der Waals surface area contributed by atoms with E-state index in [-0.39, 0.29) is 0 Å². The third kappa shape index (κ3) is 2.66. The van der Waals surface area contributed by atoms with Gasteiger partial charge in [-0.15, -0.1) is 13.2 Å². The van der Waals surface area contributed by atoms with E-state index in [1.807, 2.05) is 12.2 Å². The van der Waals surface area contributed by atoms with Crippen LogP contribution in [-0.4, -0.2) is 14.2 Å². The molecular formula is C24H26O2. The number of rotatable bonds is 6. The van der Waals surface area contributed by atoms with Crippen molar-refractivity contribution in [2.75, 3.05) is 14.2 Å². The summed E-state index contributed by atoms with van der Waals surface area (Å²) in [4.78, 5) is 0. The van der Waals surface area contributed by atoms with Gasteiger partial charge in [-0.3, -0.25) is 0 Å².